The van der Waals surface area contributed by atoms with Crippen molar-refractivity contribution in [2.45, 2.75) is 5.22 Å². The average molecular weight is 392 g/mol. The molecule has 9 nitrogen and oxygen atoms in total. The normalized spacial score (nSPS) is 10.5. The number of furan rings is 1. The van der Waals surface area contributed by atoms with E-state index in [0.29, 0.717) is 11.6 Å². The van der Waals surface area contributed by atoms with Crippen LogP contribution in [-0.2, 0) is 4.79 Å². The minimum absolute atomic E-state index is 0.0185. The maximum absolute atomic E-state index is 12.4. The highest BCUT2D eigenvalue weighted by Gasteiger charge is 2.17. The average Bonchev–Trinajstić information content (AvgIpc) is 3.47. The van der Waals surface area contributed by atoms with Crippen LogP contribution < -0.4 is 5.32 Å². The van der Waals surface area contributed by atoms with E-state index in [-0.39, 0.29) is 28.3 Å². The molecule has 0 fully saturated rings. The van der Waals surface area contributed by atoms with E-state index in [4.69, 9.17) is 8.83 Å². The fourth-order valence-corrected chi connectivity index (χ4v) is 2.94. The van der Waals surface area contributed by atoms with Crippen molar-refractivity contribution in [3.8, 4) is 23.4 Å². The van der Waals surface area contributed by atoms with Crippen LogP contribution in [0.3, 0.4) is 0 Å². The Morgan fingerprint density at radius 3 is 2.82 bits per heavy atom. The van der Waals surface area contributed by atoms with E-state index in [1.54, 1.807) is 12.1 Å². The van der Waals surface area contributed by atoms with E-state index in [0.717, 1.165) is 17.4 Å². The molecule has 4 rings (SSSR count). The number of hydrogen-bond acceptors (Lipinski definition) is 8. The summed E-state index contributed by atoms with van der Waals surface area (Å²) in [5, 5.41) is 24.2. The van der Waals surface area contributed by atoms with Gasteiger partial charge < -0.3 is 14.2 Å². The number of aromatic nitrogens is 4. The number of para-hydroxylation sites is 1. The van der Waals surface area contributed by atoms with Crippen molar-refractivity contribution in [1.29, 1.82) is 5.26 Å². The van der Waals surface area contributed by atoms with Crippen molar-refractivity contribution in [1.82, 2.24) is 20.0 Å². The van der Waals surface area contributed by atoms with Crippen LogP contribution in [0.15, 0.2) is 69.0 Å². The molecule has 10 heteroatoms. The topological polar surface area (TPSA) is 123 Å². The summed E-state index contributed by atoms with van der Waals surface area (Å²) in [5.74, 6) is 0.680. The van der Waals surface area contributed by atoms with Crippen LogP contribution in [0.2, 0.25) is 0 Å². The second-order valence-corrected chi connectivity index (χ2v) is 6.38. The SMILES string of the molecule is N#Cc1cnn(-c2ccccc2)c1NC(=O)CSc1nnc(-c2ccco2)o1. The number of carbonyl (C=O) groups is 1. The van der Waals surface area contributed by atoms with Crippen LogP contribution in [0.4, 0.5) is 5.82 Å². The molecule has 1 amide bonds. The highest BCUT2D eigenvalue weighted by Crippen LogP contribution is 2.24. The van der Waals surface area contributed by atoms with E-state index < -0.39 is 0 Å². The Labute approximate surface area is 163 Å². The highest BCUT2D eigenvalue weighted by molar-refractivity contribution is 7.99. The number of nitrogens with zero attached hydrogens (tertiary/aromatic N) is 5. The van der Waals surface area contributed by atoms with Crippen molar-refractivity contribution < 1.29 is 13.6 Å². The van der Waals surface area contributed by atoms with Crippen LogP contribution in [0.1, 0.15) is 5.56 Å². The molecule has 0 atom stereocenters. The van der Waals surface area contributed by atoms with Crippen LogP contribution in [0.5, 0.6) is 0 Å². The molecule has 0 aliphatic carbocycles. The lowest BCUT2D eigenvalue weighted by molar-refractivity contribution is -0.113. The summed E-state index contributed by atoms with van der Waals surface area (Å²) in [5.41, 5.74) is 0.993. The zero-order valence-electron chi connectivity index (χ0n) is 14.3. The summed E-state index contributed by atoms with van der Waals surface area (Å²) in [7, 11) is 0. The molecule has 0 saturated heterocycles. The summed E-state index contributed by atoms with van der Waals surface area (Å²) < 4.78 is 12.1. The van der Waals surface area contributed by atoms with Gasteiger partial charge in [0.25, 0.3) is 11.1 Å². The molecule has 1 aromatic carbocycles. The quantitative estimate of drug-likeness (QED) is 0.497. The minimum atomic E-state index is -0.336. The lowest BCUT2D eigenvalue weighted by Gasteiger charge is -2.09. The fraction of sp³-hybridized carbons (Fsp3) is 0.0556. The van der Waals surface area contributed by atoms with Crippen molar-refractivity contribution in [3.05, 3.63) is 60.5 Å². The number of anilines is 1. The van der Waals surface area contributed by atoms with Gasteiger partial charge in [-0.3, -0.25) is 4.79 Å². The van der Waals surface area contributed by atoms with Crippen LogP contribution >= 0.6 is 11.8 Å². The number of hydrogen-bond donors (Lipinski definition) is 1. The van der Waals surface area contributed by atoms with Crippen LogP contribution in [0.25, 0.3) is 17.3 Å². The first kappa shape index (κ1) is 17.6. The number of amides is 1. The van der Waals surface area contributed by atoms with Crippen molar-refractivity contribution >= 4 is 23.5 Å². The molecule has 3 heterocycles. The highest BCUT2D eigenvalue weighted by atomic mass is 32.2. The Morgan fingerprint density at radius 2 is 2.07 bits per heavy atom. The summed E-state index contributed by atoms with van der Waals surface area (Å²) in [6.45, 7) is 0. The molecular formula is C18H12N6O3S. The maximum atomic E-state index is 12.4. The van der Waals surface area contributed by atoms with E-state index >= 15 is 0 Å². The number of thioether (sulfide) groups is 1. The maximum Gasteiger partial charge on any atom is 0.284 e. The Bertz CT molecular complexity index is 1130. The van der Waals surface area contributed by atoms with Gasteiger partial charge in [0.1, 0.15) is 11.6 Å². The number of carbonyl (C=O) groups excluding carboxylic acids is 1. The van der Waals surface area contributed by atoms with Gasteiger partial charge in [-0.05, 0) is 24.3 Å². The molecule has 0 spiro atoms. The van der Waals surface area contributed by atoms with Gasteiger partial charge in [0.2, 0.25) is 5.91 Å². The molecule has 1 N–H and O–H groups in total. The molecule has 0 unspecified atom stereocenters. The Morgan fingerprint density at radius 1 is 1.21 bits per heavy atom. The van der Waals surface area contributed by atoms with Crippen molar-refractivity contribution in [3.63, 3.8) is 0 Å². The largest absolute Gasteiger partial charge is 0.459 e. The predicted octanol–water partition coefficient (Wildman–Crippen LogP) is 3.12. The Kier molecular flexibility index (Phi) is 4.90. The second kappa shape index (κ2) is 7.81. The van der Waals surface area contributed by atoms with Gasteiger partial charge in [0.05, 0.1) is 23.9 Å². The number of rotatable bonds is 6. The first-order valence-electron chi connectivity index (χ1n) is 8.08. The van der Waals surface area contributed by atoms with E-state index in [1.165, 1.54) is 17.1 Å². The second-order valence-electron chi connectivity index (χ2n) is 5.45. The first-order chi connectivity index (χ1) is 13.7. The summed E-state index contributed by atoms with van der Waals surface area (Å²) >= 11 is 1.08. The van der Waals surface area contributed by atoms with Gasteiger partial charge in [-0.1, -0.05) is 30.0 Å². The third kappa shape index (κ3) is 3.65. The molecule has 0 radical (unpaired) electrons. The van der Waals surface area contributed by atoms with E-state index in [2.05, 4.69) is 20.6 Å². The zero-order valence-corrected chi connectivity index (χ0v) is 15.1. The standard InChI is InChI=1S/C18H12N6O3S/c19-9-12-10-20-24(13-5-2-1-3-6-13)16(12)21-15(25)11-28-18-23-22-17(27-18)14-7-4-8-26-14/h1-8,10H,11H2,(H,21,25). The third-order valence-electron chi connectivity index (χ3n) is 3.61. The fourth-order valence-electron chi connectivity index (χ4n) is 2.38. The molecule has 0 aliphatic rings. The smallest absolute Gasteiger partial charge is 0.284 e. The predicted molar refractivity (Wildman–Crippen MR) is 99.6 cm³/mol. The summed E-state index contributed by atoms with van der Waals surface area (Å²) in [6, 6.07) is 14.6. The molecule has 4 aromatic rings. The lowest BCUT2D eigenvalue weighted by atomic mass is 10.3. The van der Waals surface area contributed by atoms with Gasteiger partial charge in [-0.2, -0.15) is 10.4 Å². The van der Waals surface area contributed by atoms with Gasteiger partial charge >= 0.3 is 0 Å². The monoisotopic (exact) mass is 392 g/mol. The first-order valence-corrected chi connectivity index (χ1v) is 9.07. The van der Waals surface area contributed by atoms with E-state index in [9.17, 15) is 10.1 Å². The molecular weight excluding hydrogens is 380 g/mol. The van der Waals surface area contributed by atoms with Gasteiger partial charge in [-0.25, -0.2) is 4.68 Å². The molecule has 0 aliphatic heterocycles. The van der Waals surface area contributed by atoms with Gasteiger partial charge in [0.15, 0.2) is 11.6 Å². The number of benzene rings is 1. The van der Waals surface area contributed by atoms with Gasteiger partial charge in [0, 0.05) is 0 Å². The van der Waals surface area contributed by atoms with Crippen LogP contribution in [0, 0.1) is 11.3 Å². The zero-order chi connectivity index (χ0) is 19.3. The minimum Gasteiger partial charge on any atom is -0.459 e. The number of nitriles is 1. The molecule has 0 bridgehead atoms. The summed E-state index contributed by atoms with van der Waals surface area (Å²) in [4.78, 5) is 12.4. The Hall–Kier alpha value is -3.84. The number of nitrogens with one attached hydrogen (secondary N) is 1. The molecule has 3 aromatic heterocycles. The van der Waals surface area contributed by atoms with Crippen LogP contribution in [-0.4, -0.2) is 31.6 Å². The lowest BCUT2D eigenvalue weighted by Crippen LogP contribution is -2.17. The molecule has 138 valence electrons. The van der Waals surface area contributed by atoms with Gasteiger partial charge in [-0.15, -0.1) is 10.2 Å². The van der Waals surface area contributed by atoms with Crippen molar-refractivity contribution in [2.75, 3.05) is 11.1 Å². The third-order valence-corrected chi connectivity index (χ3v) is 4.43. The van der Waals surface area contributed by atoms with E-state index in [1.807, 2.05) is 36.4 Å². The van der Waals surface area contributed by atoms with Crippen molar-refractivity contribution in [2.24, 2.45) is 0 Å². The molecule has 0 saturated carbocycles. The Balaban J connectivity index is 1.45. The molecule has 28 heavy (non-hydrogen) atoms. The summed E-state index contributed by atoms with van der Waals surface area (Å²) in [6.07, 6.45) is 2.91.